The smallest absolute Gasteiger partial charge is 0.412 e. The van der Waals surface area contributed by atoms with Gasteiger partial charge in [0, 0.05) is 36.3 Å². The van der Waals surface area contributed by atoms with Crippen molar-refractivity contribution in [1.82, 2.24) is 19.4 Å². The minimum Gasteiger partial charge on any atom is -0.459 e. The standard InChI is InChI=1S/C27H31N5O7/c1-18-13-32(25(36)30-24(18)35)15-22(33)31(16-23(34)38-17-19-8-6-5-7-9-19)14-20-12-28-11-10-21(20)29-26(37)39-27(2,3)4/h5-13H,14-17H2,1-4H3,(H,28,29,37)(H,30,35,36). The number of benzene rings is 1. The molecular formula is C27H31N5O7. The molecule has 0 aliphatic carbocycles. The van der Waals surface area contributed by atoms with Crippen molar-refractivity contribution < 1.29 is 23.9 Å². The second-order valence-corrected chi connectivity index (χ2v) is 9.76. The van der Waals surface area contributed by atoms with Crippen LogP contribution in [0.1, 0.15) is 37.5 Å². The van der Waals surface area contributed by atoms with Crippen molar-refractivity contribution in [1.29, 1.82) is 0 Å². The van der Waals surface area contributed by atoms with Gasteiger partial charge in [-0.2, -0.15) is 0 Å². The van der Waals surface area contributed by atoms with E-state index in [0.717, 1.165) is 10.1 Å². The highest BCUT2D eigenvalue weighted by Gasteiger charge is 2.23. The monoisotopic (exact) mass is 537 g/mol. The number of rotatable bonds is 9. The van der Waals surface area contributed by atoms with Crippen molar-refractivity contribution in [3.8, 4) is 0 Å². The molecule has 2 N–H and O–H groups in total. The third kappa shape index (κ3) is 8.95. The molecule has 0 bridgehead atoms. The minimum atomic E-state index is -0.765. The first-order valence-electron chi connectivity index (χ1n) is 12.1. The second-order valence-electron chi connectivity index (χ2n) is 9.76. The Balaban J connectivity index is 1.83. The predicted octanol–water partition coefficient (Wildman–Crippen LogP) is 2.36. The molecule has 0 spiro atoms. The van der Waals surface area contributed by atoms with E-state index in [1.54, 1.807) is 32.9 Å². The van der Waals surface area contributed by atoms with Gasteiger partial charge in [0.1, 0.15) is 25.3 Å². The zero-order valence-corrected chi connectivity index (χ0v) is 22.2. The number of H-pyrrole nitrogens is 1. The van der Waals surface area contributed by atoms with Gasteiger partial charge in [-0.15, -0.1) is 0 Å². The van der Waals surface area contributed by atoms with Gasteiger partial charge in [-0.1, -0.05) is 30.3 Å². The van der Waals surface area contributed by atoms with Gasteiger partial charge in [0.2, 0.25) is 5.91 Å². The summed E-state index contributed by atoms with van der Waals surface area (Å²) in [5, 5.41) is 2.63. The van der Waals surface area contributed by atoms with Crippen LogP contribution in [0.4, 0.5) is 10.5 Å². The molecule has 12 heteroatoms. The highest BCUT2D eigenvalue weighted by Crippen LogP contribution is 2.18. The molecular weight excluding hydrogens is 506 g/mol. The summed E-state index contributed by atoms with van der Waals surface area (Å²) in [5.41, 5.74) is -0.298. The van der Waals surface area contributed by atoms with E-state index in [-0.39, 0.29) is 18.7 Å². The van der Waals surface area contributed by atoms with E-state index in [2.05, 4.69) is 15.3 Å². The number of pyridine rings is 1. The Bertz CT molecular complexity index is 1440. The molecule has 0 aliphatic rings. The number of carbonyl (C=O) groups is 3. The number of esters is 1. The second kappa shape index (κ2) is 12.7. The van der Waals surface area contributed by atoms with Crippen LogP contribution in [0.15, 0.2) is 64.6 Å². The van der Waals surface area contributed by atoms with Gasteiger partial charge in [0.15, 0.2) is 0 Å². The maximum atomic E-state index is 13.3. The van der Waals surface area contributed by atoms with Gasteiger partial charge in [-0.25, -0.2) is 9.59 Å². The van der Waals surface area contributed by atoms with Crippen molar-refractivity contribution in [2.75, 3.05) is 11.9 Å². The number of nitrogens with one attached hydrogen (secondary N) is 2. The van der Waals surface area contributed by atoms with Crippen LogP contribution < -0.4 is 16.6 Å². The fourth-order valence-electron chi connectivity index (χ4n) is 3.45. The Labute approximate surface area is 224 Å². The molecule has 3 rings (SSSR count). The highest BCUT2D eigenvalue weighted by molar-refractivity contribution is 5.86. The number of nitrogens with zero attached hydrogens (tertiary/aromatic N) is 3. The number of hydrogen-bond acceptors (Lipinski definition) is 8. The number of hydrogen-bond donors (Lipinski definition) is 2. The van der Waals surface area contributed by atoms with E-state index in [0.29, 0.717) is 11.3 Å². The molecule has 12 nitrogen and oxygen atoms in total. The normalized spacial score (nSPS) is 11.0. The Kier molecular flexibility index (Phi) is 9.37. The minimum absolute atomic E-state index is 0.0125. The molecule has 206 valence electrons. The van der Waals surface area contributed by atoms with Crippen LogP contribution in [0.5, 0.6) is 0 Å². The molecule has 0 saturated heterocycles. The Hall–Kier alpha value is -4.74. The molecule has 3 aromatic rings. The first-order valence-corrected chi connectivity index (χ1v) is 12.1. The molecule has 0 unspecified atom stereocenters. The van der Waals surface area contributed by atoms with E-state index in [9.17, 15) is 24.0 Å². The molecule has 0 radical (unpaired) electrons. The van der Waals surface area contributed by atoms with E-state index in [1.807, 2.05) is 18.2 Å². The number of ether oxygens (including phenoxy) is 2. The summed E-state index contributed by atoms with van der Waals surface area (Å²) in [5.74, 6) is -1.28. The molecule has 2 amide bonds. The summed E-state index contributed by atoms with van der Waals surface area (Å²) in [6.07, 6.45) is 3.47. The van der Waals surface area contributed by atoms with Gasteiger partial charge in [-0.05, 0) is 39.3 Å². The molecule has 0 saturated carbocycles. The van der Waals surface area contributed by atoms with Crippen molar-refractivity contribution in [3.05, 3.63) is 92.5 Å². The van der Waals surface area contributed by atoms with Crippen LogP contribution >= 0.6 is 0 Å². The summed E-state index contributed by atoms with van der Waals surface area (Å²) in [6, 6.07) is 10.6. The van der Waals surface area contributed by atoms with E-state index in [4.69, 9.17) is 9.47 Å². The molecule has 2 aromatic heterocycles. The largest absolute Gasteiger partial charge is 0.459 e. The van der Waals surface area contributed by atoms with Gasteiger partial charge in [-0.3, -0.25) is 34.2 Å². The first kappa shape index (κ1) is 28.8. The molecule has 2 heterocycles. The maximum absolute atomic E-state index is 13.3. The third-order valence-electron chi connectivity index (χ3n) is 5.31. The zero-order chi connectivity index (χ0) is 28.6. The lowest BCUT2D eigenvalue weighted by atomic mass is 10.2. The maximum Gasteiger partial charge on any atom is 0.412 e. The van der Waals surface area contributed by atoms with E-state index >= 15 is 0 Å². The third-order valence-corrected chi connectivity index (χ3v) is 5.31. The van der Waals surface area contributed by atoms with Crippen LogP contribution in [0.25, 0.3) is 0 Å². The first-order chi connectivity index (χ1) is 18.4. The lowest BCUT2D eigenvalue weighted by Crippen LogP contribution is -2.41. The zero-order valence-electron chi connectivity index (χ0n) is 22.2. The van der Waals surface area contributed by atoms with Crippen LogP contribution in [0.3, 0.4) is 0 Å². The molecule has 1 aromatic carbocycles. The highest BCUT2D eigenvalue weighted by atomic mass is 16.6. The number of carbonyl (C=O) groups excluding carboxylic acids is 3. The van der Waals surface area contributed by atoms with Crippen molar-refractivity contribution in [2.24, 2.45) is 0 Å². The summed E-state index contributed by atoms with van der Waals surface area (Å²) < 4.78 is 11.7. The van der Waals surface area contributed by atoms with Crippen molar-refractivity contribution in [2.45, 2.75) is 53.0 Å². The quantitative estimate of drug-likeness (QED) is 0.395. The average molecular weight is 538 g/mol. The Morgan fingerprint density at radius 2 is 1.82 bits per heavy atom. The number of amides is 2. The Morgan fingerprint density at radius 1 is 1.10 bits per heavy atom. The van der Waals surface area contributed by atoms with Gasteiger partial charge in [0.05, 0.1) is 5.69 Å². The van der Waals surface area contributed by atoms with Crippen LogP contribution in [-0.2, 0) is 38.8 Å². The fourth-order valence-corrected chi connectivity index (χ4v) is 3.45. The fraction of sp³-hybridized carbons (Fsp3) is 0.333. The number of anilines is 1. The lowest BCUT2D eigenvalue weighted by Gasteiger charge is -2.24. The predicted molar refractivity (Wildman–Crippen MR) is 142 cm³/mol. The van der Waals surface area contributed by atoms with Crippen LogP contribution in [-0.4, -0.2) is 49.6 Å². The number of aromatic amines is 1. The summed E-state index contributed by atoms with van der Waals surface area (Å²) in [4.78, 5) is 69.8. The van der Waals surface area contributed by atoms with Crippen LogP contribution in [0.2, 0.25) is 0 Å². The summed E-state index contributed by atoms with van der Waals surface area (Å²) in [6.45, 7) is 5.66. The Morgan fingerprint density at radius 3 is 2.51 bits per heavy atom. The average Bonchev–Trinajstić information content (AvgIpc) is 2.86. The number of aryl methyl sites for hydroxylation is 1. The summed E-state index contributed by atoms with van der Waals surface area (Å²) in [7, 11) is 0. The molecule has 0 aliphatic heterocycles. The van der Waals surface area contributed by atoms with E-state index in [1.165, 1.54) is 36.5 Å². The topological polar surface area (TPSA) is 153 Å². The molecule has 0 fully saturated rings. The lowest BCUT2D eigenvalue weighted by molar-refractivity contribution is -0.151. The SMILES string of the molecule is Cc1cn(CC(=O)N(CC(=O)OCc2ccccc2)Cc2cnccc2NC(=O)OC(C)(C)C)c(=O)[nH]c1=O. The van der Waals surface area contributed by atoms with Gasteiger partial charge < -0.3 is 14.4 Å². The number of aromatic nitrogens is 3. The summed E-state index contributed by atoms with van der Waals surface area (Å²) >= 11 is 0. The van der Waals surface area contributed by atoms with Crippen molar-refractivity contribution in [3.63, 3.8) is 0 Å². The van der Waals surface area contributed by atoms with Gasteiger partial charge in [0.25, 0.3) is 5.56 Å². The van der Waals surface area contributed by atoms with E-state index < -0.39 is 47.9 Å². The molecule has 0 atom stereocenters. The molecule has 39 heavy (non-hydrogen) atoms. The van der Waals surface area contributed by atoms with Crippen LogP contribution in [0, 0.1) is 6.92 Å². The van der Waals surface area contributed by atoms with Gasteiger partial charge >= 0.3 is 17.8 Å². The van der Waals surface area contributed by atoms with Crippen molar-refractivity contribution >= 4 is 23.7 Å².